The predicted octanol–water partition coefficient (Wildman–Crippen LogP) is 2.67. The Hall–Kier alpha value is -1.77. The first-order chi connectivity index (χ1) is 12.5. The summed E-state index contributed by atoms with van der Waals surface area (Å²) < 4.78 is 27.4. The second-order valence-electron chi connectivity index (χ2n) is 6.79. The number of anilines is 1. The number of nitrogens with one attached hydrogen (secondary N) is 1. The van der Waals surface area contributed by atoms with Crippen LogP contribution < -0.4 is 5.32 Å². The highest BCUT2D eigenvalue weighted by Gasteiger charge is 2.32. The van der Waals surface area contributed by atoms with Gasteiger partial charge in [-0.15, -0.1) is 11.3 Å². The number of amides is 1. The molecule has 2 heterocycles. The van der Waals surface area contributed by atoms with E-state index >= 15 is 0 Å². The maximum Gasteiger partial charge on any atom is 0.243 e. The quantitative estimate of drug-likeness (QED) is 0.869. The minimum Gasteiger partial charge on any atom is -0.302 e. The van der Waals surface area contributed by atoms with Crippen molar-refractivity contribution in [2.75, 3.05) is 18.4 Å². The molecule has 0 spiro atoms. The highest BCUT2D eigenvalue weighted by Crippen LogP contribution is 2.29. The molecule has 138 valence electrons. The van der Waals surface area contributed by atoms with Crippen LogP contribution in [0.25, 0.3) is 0 Å². The summed E-state index contributed by atoms with van der Waals surface area (Å²) in [5, 5.41) is 5.20. The van der Waals surface area contributed by atoms with Crippen LogP contribution in [0.2, 0.25) is 0 Å². The number of hydrogen-bond acceptors (Lipinski definition) is 5. The normalized spacial score (nSPS) is 18.6. The number of nitrogens with zero attached hydrogens (tertiary/aromatic N) is 2. The topological polar surface area (TPSA) is 79.4 Å². The van der Waals surface area contributed by atoms with Gasteiger partial charge in [-0.2, -0.15) is 4.31 Å². The zero-order chi connectivity index (χ0) is 18.1. The van der Waals surface area contributed by atoms with Crippen LogP contribution in [0.15, 0.2) is 34.7 Å². The number of hydrogen-bond donors (Lipinski definition) is 1. The second kappa shape index (κ2) is 7.09. The van der Waals surface area contributed by atoms with Crippen molar-refractivity contribution in [3.05, 3.63) is 40.9 Å². The largest absolute Gasteiger partial charge is 0.302 e. The van der Waals surface area contributed by atoms with Crippen LogP contribution in [-0.2, 0) is 27.7 Å². The molecule has 1 aromatic heterocycles. The molecule has 2 aliphatic rings. The molecule has 1 aliphatic heterocycles. The second-order valence-corrected chi connectivity index (χ2v) is 9.62. The third kappa shape index (κ3) is 3.41. The monoisotopic (exact) mass is 391 g/mol. The standard InChI is InChI=1S/C18H21N3O3S2/c22-17(20-18-19-8-11-25-18)14-6-9-21(10-7-14)26(23,24)16-5-4-13-2-1-3-15(13)12-16/h4-5,8,11-12,14H,1-3,6-7,9-10H2,(H,19,20,22). The van der Waals surface area contributed by atoms with Crippen molar-refractivity contribution in [3.8, 4) is 0 Å². The Labute approximate surface area is 157 Å². The van der Waals surface area contributed by atoms with Gasteiger partial charge in [0.25, 0.3) is 0 Å². The third-order valence-corrected chi connectivity index (χ3v) is 7.78. The van der Waals surface area contributed by atoms with Gasteiger partial charge in [-0.1, -0.05) is 6.07 Å². The Kier molecular flexibility index (Phi) is 4.81. The van der Waals surface area contributed by atoms with Gasteiger partial charge < -0.3 is 5.32 Å². The predicted molar refractivity (Wildman–Crippen MR) is 101 cm³/mol. The van der Waals surface area contributed by atoms with Crippen LogP contribution in [0.4, 0.5) is 5.13 Å². The van der Waals surface area contributed by atoms with Crippen LogP contribution in [0.5, 0.6) is 0 Å². The summed E-state index contributed by atoms with van der Waals surface area (Å²) in [7, 11) is -3.49. The van der Waals surface area contributed by atoms with E-state index in [1.165, 1.54) is 21.2 Å². The average molecular weight is 392 g/mol. The molecule has 1 aromatic carbocycles. The minimum absolute atomic E-state index is 0.0745. The van der Waals surface area contributed by atoms with E-state index < -0.39 is 10.0 Å². The number of carbonyl (C=O) groups is 1. The van der Waals surface area contributed by atoms with Crippen molar-refractivity contribution in [2.24, 2.45) is 5.92 Å². The lowest BCUT2D eigenvalue weighted by Gasteiger charge is -2.30. The van der Waals surface area contributed by atoms with Crippen molar-refractivity contribution in [2.45, 2.75) is 37.0 Å². The number of thiazole rings is 1. The number of fused-ring (bicyclic) bond motifs is 1. The summed E-state index contributed by atoms with van der Waals surface area (Å²) in [6.07, 6.45) is 5.79. The van der Waals surface area contributed by atoms with Crippen molar-refractivity contribution in [3.63, 3.8) is 0 Å². The smallest absolute Gasteiger partial charge is 0.243 e. The van der Waals surface area contributed by atoms with Gasteiger partial charge in [0, 0.05) is 30.6 Å². The number of benzene rings is 1. The van der Waals surface area contributed by atoms with Gasteiger partial charge >= 0.3 is 0 Å². The molecule has 2 aromatic rings. The highest BCUT2D eigenvalue weighted by molar-refractivity contribution is 7.89. The Balaban J connectivity index is 1.41. The maximum absolute atomic E-state index is 12.9. The van der Waals surface area contributed by atoms with Gasteiger partial charge in [-0.25, -0.2) is 13.4 Å². The van der Waals surface area contributed by atoms with Crippen LogP contribution in [0, 0.1) is 5.92 Å². The molecular weight excluding hydrogens is 370 g/mol. The van der Waals surface area contributed by atoms with Gasteiger partial charge in [-0.05, 0) is 55.4 Å². The fraction of sp³-hybridized carbons (Fsp3) is 0.444. The summed E-state index contributed by atoms with van der Waals surface area (Å²) in [4.78, 5) is 16.7. The van der Waals surface area contributed by atoms with Crippen LogP contribution in [-0.4, -0.2) is 36.7 Å². The Morgan fingerprint density at radius 3 is 2.69 bits per heavy atom. The fourth-order valence-electron chi connectivity index (χ4n) is 3.71. The first kappa shape index (κ1) is 17.6. The molecule has 0 saturated carbocycles. The minimum atomic E-state index is -3.49. The van der Waals surface area contributed by atoms with Crippen molar-refractivity contribution >= 4 is 32.4 Å². The van der Waals surface area contributed by atoms with E-state index in [0.29, 0.717) is 36.0 Å². The van der Waals surface area contributed by atoms with E-state index in [2.05, 4.69) is 10.3 Å². The molecule has 1 aliphatic carbocycles. The molecule has 8 heteroatoms. The van der Waals surface area contributed by atoms with E-state index in [1.807, 2.05) is 12.1 Å². The number of sulfonamides is 1. The number of aromatic nitrogens is 1. The third-order valence-electron chi connectivity index (χ3n) is 5.19. The van der Waals surface area contributed by atoms with Crippen molar-refractivity contribution < 1.29 is 13.2 Å². The van der Waals surface area contributed by atoms with E-state index in [4.69, 9.17) is 0 Å². The van der Waals surface area contributed by atoms with E-state index in [-0.39, 0.29) is 11.8 Å². The number of piperidine rings is 1. The number of rotatable bonds is 4. The molecule has 1 amide bonds. The average Bonchev–Trinajstić information content (AvgIpc) is 3.32. The van der Waals surface area contributed by atoms with Crippen molar-refractivity contribution in [1.29, 1.82) is 0 Å². The van der Waals surface area contributed by atoms with Crippen LogP contribution >= 0.6 is 11.3 Å². The fourth-order valence-corrected chi connectivity index (χ4v) is 5.76. The van der Waals surface area contributed by atoms with Crippen LogP contribution in [0.3, 0.4) is 0 Å². The van der Waals surface area contributed by atoms with Gasteiger partial charge in [0.2, 0.25) is 15.9 Å². The van der Waals surface area contributed by atoms with Gasteiger partial charge in [0.1, 0.15) is 0 Å². The molecule has 6 nitrogen and oxygen atoms in total. The number of carbonyl (C=O) groups excluding carboxylic acids is 1. The van der Waals surface area contributed by atoms with E-state index in [1.54, 1.807) is 17.6 Å². The van der Waals surface area contributed by atoms with E-state index in [9.17, 15) is 13.2 Å². The summed E-state index contributed by atoms with van der Waals surface area (Å²) in [5.74, 6) is -0.250. The maximum atomic E-state index is 12.9. The summed E-state index contributed by atoms with van der Waals surface area (Å²) in [6, 6.07) is 5.50. The molecule has 4 rings (SSSR count). The lowest BCUT2D eigenvalue weighted by molar-refractivity contribution is -0.120. The molecule has 1 N–H and O–H groups in total. The first-order valence-electron chi connectivity index (χ1n) is 8.86. The Morgan fingerprint density at radius 1 is 1.19 bits per heavy atom. The summed E-state index contributed by atoms with van der Waals surface area (Å²) in [6.45, 7) is 0.741. The molecule has 26 heavy (non-hydrogen) atoms. The molecule has 0 unspecified atom stereocenters. The lowest BCUT2D eigenvalue weighted by Crippen LogP contribution is -2.41. The Morgan fingerprint density at radius 2 is 1.96 bits per heavy atom. The zero-order valence-electron chi connectivity index (χ0n) is 14.3. The Bertz CT molecular complexity index is 902. The highest BCUT2D eigenvalue weighted by atomic mass is 32.2. The van der Waals surface area contributed by atoms with Crippen LogP contribution in [0.1, 0.15) is 30.4 Å². The zero-order valence-corrected chi connectivity index (χ0v) is 16.0. The van der Waals surface area contributed by atoms with E-state index in [0.717, 1.165) is 24.8 Å². The van der Waals surface area contributed by atoms with Crippen molar-refractivity contribution in [1.82, 2.24) is 9.29 Å². The van der Waals surface area contributed by atoms with Gasteiger partial charge in [-0.3, -0.25) is 4.79 Å². The molecule has 0 atom stereocenters. The van der Waals surface area contributed by atoms with Gasteiger partial charge in [0.15, 0.2) is 5.13 Å². The lowest BCUT2D eigenvalue weighted by atomic mass is 9.97. The SMILES string of the molecule is O=C(Nc1nccs1)C1CCN(S(=O)(=O)c2ccc3c(c2)CCC3)CC1. The summed E-state index contributed by atoms with van der Waals surface area (Å²) in [5.41, 5.74) is 2.42. The first-order valence-corrected chi connectivity index (χ1v) is 11.2. The molecule has 1 saturated heterocycles. The number of aryl methyl sites for hydroxylation is 2. The molecule has 1 fully saturated rings. The summed E-state index contributed by atoms with van der Waals surface area (Å²) >= 11 is 1.38. The molecule has 0 bridgehead atoms. The van der Waals surface area contributed by atoms with Gasteiger partial charge in [0.05, 0.1) is 4.90 Å². The molecular formula is C18H21N3O3S2. The molecule has 0 radical (unpaired) electrons.